The lowest BCUT2D eigenvalue weighted by atomic mass is 9.84. The Kier molecular flexibility index (Phi) is 5.48. The molecule has 0 aliphatic rings. The fraction of sp³-hybridized carbons (Fsp3) is 0.154. The van der Waals surface area contributed by atoms with Crippen molar-refractivity contribution in [1.29, 1.82) is 0 Å². The highest BCUT2D eigenvalue weighted by molar-refractivity contribution is 5.85. The van der Waals surface area contributed by atoms with Crippen LogP contribution in [0.25, 0.3) is 10.8 Å². The summed E-state index contributed by atoms with van der Waals surface area (Å²) in [5, 5.41) is 2.49. The van der Waals surface area contributed by atoms with Crippen LogP contribution in [-0.2, 0) is 6.42 Å². The van der Waals surface area contributed by atoms with Crippen molar-refractivity contribution < 1.29 is 9.47 Å². The molecule has 0 spiro atoms. The molecular formula is C26H26N2O2. The Hall–Kier alpha value is -3.66. The highest BCUT2D eigenvalue weighted by atomic mass is 16.5. The summed E-state index contributed by atoms with van der Waals surface area (Å²) >= 11 is 0. The molecule has 4 aromatic rings. The Bertz CT molecular complexity index is 1130. The van der Waals surface area contributed by atoms with E-state index in [1.54, 1.807) is 14.2 Å². The van der Waals surface area contributed by atoms with Gasteiger partial charge >= 0.3 is 0 Å². The van der Waals surface area contributed by atoms with E-state index in [4.69, 9.17) is 20.9 Å². The van der Waals surface area contributed by atoms with Crippen LogP contribution in [0.3, 0.4) is 0 Å². The molecule has 0 saturated heterocycles. The van der Waals surface area contributed by atoms with Crippen molar-refractivity contribution in [2.24, 2.45) is 0 Å². The number of nitrogen functional groups attached to an aromatic ring is 2. The van der Waals surface area contributed by atoms with Gasteiger partial charge in [-0.3, -0.25) is 0 Å². The number of benzene rings is 4. The lowest BCUT2D eigenvalue weighted by Crippen LogP contribution is -2.07. The lowest BCUT2D eigenvalue weighted by molar-refractivity contribution is 0.415. The molecule has 0 amide bonds. The Morgan fingerprint density at radius 3 is 1.87 bits per heavy atom. The Balaban J connectivity index is 1.85. The average molecular weight is 399 g/mol. The number of fused-ring (bicyclic) bond motifs is 1. The normalized spacial score (nSPS) is 11.0. The molecule has 0 heterocycles. The maximum absolute atomic E-state index is 6.07. The summed E-state index contributed by atoms with van der Waals surface area (Å²) < 4.78 is 11.0. The summed E-state index contributed by atoms with van der Waals surface area (Å²) in [4.78, 5) is 0. The van der Waals surface area contributed by atoms with Crippen LogP contribution in [0.4, 0.5) is 11.4 Å². The maximum atomic E-state index is 6.07. The predicted octanol–water partition coefficient (Wildman–Crippen LogP) is 5.40. The van der Waals surface area contributed by atoms with E-state index in [1.807, 2.05) is 24.3 Å². The lowest BCUT2D eigenvalue weighted by Gasteiger charge is -2.21. The predicted molar refractivity (Wildman–Crippen MR) is 124 cm³/mol. The van der Waals surface area contributed by atoms with Gasteiger partial charge < -0.3 is 20.9 Å². The van der Waals surface area contributed by atoms with Crippen molar-refractivity contribution in [3.63, 3.8) is 0 Å². The number of nitrogens with two attached hydrogens (primary N) is 2. The third-order valence-electron chi connectivity index (χ3n) is 5.62. The summed E-state index contributed by atoms with van der Waals surface area (Å²) in [6, 6.07) is 26.9. The molecule has 4 N–H and O–H groups in total. The molecule has 30 heavy (non-hydrogen) atoms. The van der Waals surface area contributed by atoms with Gasteiger partial charge in [0.15, 0.2) is 0 Å². The zero-order chi connectivity index (χ0) is 21.1. The van der Waals surface area contributed by atoms with Crippen molar-refractivity contribution in [3.05, 3.63) is 95.6 Å². The van der Waals surface area contributed by atoms with Gasteiger partial charge in [-0.15, -0.1) is 0 Å². The van der Waals surface area contributed by atoms with Crippen molar-refractivity contribution in [2.45, 2.75) is 12.3 Å². The van der Waals surface area contributed by atoms with Crippen LogP contribution >= 0.6 is 0 Å². The van der Waals surface area contributed by atoms with Gasteiger partial charge in [-0.25, -0.2) is 0 Å². The van der Waals surface area contributed by atoms with Gasteiger partial charge in [0.25, 0.3) is 0 Å². The molecule has 0 aliphatic heterocycles. The van der Waals surface area contributed by atoms with Gasteiger partial charge in [0.2, 0.25) is 0 Å². The second-order valence-corrected chi connectivity index (χ2v) is 7.40. The molecule has 152 valence electrons. The van der Waals surface area contributed by atoms with E-state index in [9.17, 15) is 0 Å². The molecule has 4 heteroatoms. The molecule has 0 bridgehead atoms. The zero-order valence-electron chi connectivity index (χ0n) is 17.3. The van der Waals surface area contributed by atoms with Crippen LogP contribution < -0.4 is 20.9 Å². The summed E-state index contributed by atoms with van der Waals surface area (Å²) in [5.74, 6) is 1.44. The second-order valence-electron chi connectivity index (χ2n) is 7.40. The fourth-order valence-corrected chi connectivity index (χ4v) is 4.01. The Labute approximate surface area is 177 Å². The minimum atomic E-state index is 0.0832. The number of anilines is 2. The maximum Gasteiger partial charge on any atom is 0.142 e. The first-order valence-electron chi connectivity index (χ1n) is 9.94. The second kappa shape index (κ2) is 8.37. The molecule has 0 aliphatic carbocycles. The van der Waals surface area contributed by atoms with Crippen LogP contribution in [0.15, 0.2) is 78.9 Å². The molecule has 0 fully saturated rings. The van der Waals surface area contributed by atoms with E-state index in [-0.39, 0.29) is 5.92 Å². The number of hydrogen-bond acceptors (Lipinski definition) is 4. The Morgan fingerprint density at radius 1 is 0.700 bits per heavy atom. The van der Waals surface area contributed by atoms with Gasteiger partial charge in [0.1, 0.15) is 11.5 Å². The SMILES string of the molecule is COc1cc(C(Cc2cccc3ccccc23)c2ccc(N)c(OC)c2)ccc1N. The van der Waals surface area contributed by atoms with Crippen LogP contribution in [0.5, 0.6) is 11.5 Å². The molecule has 0 unspecified atom stereocenters. The van der Waals surface area contributed by atoms with E-state index in [2.05, 4.69) is 54.6 Å². The molecule has 0 atom stereocenters. The quantitative estimate of drug-likeness (QED) is 0.427. The van der Waals surface area contributed by atoms with Crippen molar-refractivity contribution >= 4 is 22.1 Å². The minimum absolute atomic E-state index is 0.0832. The van der Waals surface area contributed by atoms with Crippen LogP contribution in [0.2, 0.25) is 0 Å². The van der Waals surface area contributed by atoms with E-state index >= 15 is 0 Å². The van der Waals surface area contributed by atoms with Gasteiger partial charge in [-0.2, -0.15) is 0 Å². The van der Waals surface area contributed by atoms with Crippen LogP contribution in [-0.4, -0.2) is 14.2 Å². The third-order valence-corrected chi connectivity index (χ3v) is 5.62. The fourth-order valence-electron chi connectivity index (χ4n) is 4.01. The summed E-state index contributed by atoms with van der Waals surface area (Å²) in [7, 11) is 3.28. The first kappa shape index (κ1) is 19.6. The van der Waals surface area contributed by atoms with E-state index < -0.39 is 0 Å². The van der Waals surface area contributed by atoms with Crippen molar-refractivity contribution in [1.82, 2.24) is 0 Å². The molecule has 0 aromatic heterocycles. The van der Waals surface area contributed by atoms with Gasteiger partial charge in [0.05, 0.1) is 25.6 Å². The Morgan fingerprint density at radius 2 is 1.27 bits per heavy atom. The number of rotatable bonds is 6. The number of hydrogen-bond donors (Lipinski definition) is 2. The first-order valence-corrected chi connectivity index (χ1v) is 9.94. The molecule has 4 rings (SSSR count). The zero-order valence-corrected chi connectivity index (χ0v) is 17.3. The molecule has 4 nitrogen and oxygen atoms in total. The first-order chi connectivity index (χ1) is 14.6. The monoisotopic (exact) mass is 398 g/mol. The van der Waals surface area contributed by atoms with Gasteiger partial charge in [0, 0.05) is 5.92 Å². The van der Waals surface area contributed by atoms with Gasteiger partial charge in [-0.1, -0.05) is 54.6 Å². The molecule has 4 aromatic carbocycles. The standard InChI is InChI=1S/C26H26N2O2/c1-29-25-15-19(10-12-23(25)27)22(20-11-13-24(28)26(16-20)30-2)14-18-8-5-7-17-6-3-4-9-21(17)18/h3-13,15-16,22H,14,27-28H2,1-2H3. The van der Waals surface area contributed by atoms with Crippen molar-refractivity contribution in [2.75, 3.05) is 25.7 Å². The van der Waals surface area contributed by atoms with Crippen LogP contribution in [0, 0.1) is 0 Å². The van der Waals surface area contributed by atoms with Crippen molar-refractivity contribution in [3.8, 4) is 11.5 Å². The summed E-state index contributed by atoms with van der Waals surface area (Å²) in [6.07, 6.45) is 0.821. The van der Waals surface area contributed by atoms with E-state index in [0.717, 1.165) is 17.5 Å². The third kappa shape index (κ3) is 3.77. The largest absolute Gasteiger partial charge is 0.495 e. The number of ether oxygens (including phenoxy) is 2. The smallest absolute Gasteiger partial charge is 0.142 e. The van der Waals surface area contributed by atoms with Gasteiger partial charge in [-0.05, 0) is 58.1 Å². The molecule has 0 saturated carbocycles. The molecular weight excluding hydrogens is 372 g/mol. The van der Waals surface area contributed by atoms with Crippen LogP contribution in [0.1, 0.15) is 22.6 Å². The van der Waals surface area contributed by atoms with E-state index in [0.29, 0.717) is 22.9 Å². The van der Waals surface area contributed by atoms with E-state index in [1.165, 1.54) is 16.3 Å². The number of methoxy groups -OCH3 is 2. The summed E-state index contributed by atoms with van der Waals surface area (Å²) in [5.41, 5.74) is 16.9. The average Bonchev–Trinajstić information content (AvgIpc) is 2.78. The highest BCUT2D eigenvalue weighted by Crippen LogP contribution is 2.37. The topological polar surface area (TPSA) is 70.5 Å². The summed E-state index contributed by atoms with van der Waals surface area (Å²) in [6.45, 7) is 0. The molecule has 0 radical (unpaired) electrons. The highest BCUT2D eigenvalue weighted by Gasteiger charge is 2.19. The minimum Gasteiger partial charge on any atom is -0.495 e.